The number of nitrogens with zero attached hydrogens (tertiary/aromatic N) is 1. The van der Waals surface area contributed by atoms with Gasteiger partial charge in [-0.05, 0) is 35.7 Å². The normalized spacial score (nSPS) is 10.8. The molecule has 4 rings (SSSR count). The zero-order valence-electron chi connectivity index (χ0n) is 14.4. The lowest BCUT2D eigenvalue weighted by atomic mass is 9.92. The van der Waals surface area contributed by atoms with Crippen molar-refractivity contribution in [3.63, 3.8) is 0 Å². The number of ether oxygens (including phenoxy) is 1. The van der Waals surface area contributed by atoms with Crippen molar-refractivity contribution in [3.05, 3.63) is 84.4 Å². The van der Waals surface area contributed by atoms with Crippen LogP contribution in [0.4, 0.5) is 0 Å². The highest BCUT2D eigenvalue weighted by molar-refractivity contribution is 6.02. The van der Waals surface area contributed by atoms with Crippen molar-refractivity contribution >= 4 is 10.9 Å². The minimum Gasteiger partial charge on any atom is -0.496 e. The Kier molecular flexibility index (Phi) is 3.95. The Morgan fingerprint density at radius 2 is 1.36 bits per heavy atom. The molecule has 0 saturated carbocycles. The maximum atomic E-state index is 5.65. The highest BCUT2D eigenvalue weighted by atomic mass is 16.5. The van der Waals surface area contributed by atoms with Crippen LogP contribution in [0.5, 0.6) is 5.75 Å². The number of benzene rings is 3. The standard InChI is InChI=1S/C23H19NO/c1-16-21(17-10-5-3-6-11-17)22-19(14-9-15-20(22)25-2)24-23(16)18-12-7-4-8-13-18/h3-15H,1-2H3. The maximum absolute atomic E-state index is 5.65. The van der Waals surface area contributed by atoms with Crippen molar-refractivity contribution in [3.8, 4) is 28.1 Å². The molecule has 0 aliphatic heterocycles. The molecular weight excluding hydrogens is 306 g/mol. The van der Waals surface area contributed by atoms with Crippen molar-refractivity contribution in [1.29, 1.82) is 0 Å². The van der Waals surface area contributed by atoms with Crippen LogP contribution in [0.3, 0.4) is 0 Å². The second-order valence-electron chi connectivity index (χ2n) is 6.05. The number of pyridine rings is 1. The van der Waals surface area contributed by atoms with Crippen LogP contribution in [0.25, 0.3) is 33.3 Å². The van der Waals surface area contributed by atoms with Crippen molar-refractivity contribution < 1.29 is 4.74 Å². The second-order valence-corrected chi connectivity index (χ2v) is 6.05. The molecule has 0 radical (unpaired) electrons. The molecule has 0 saturated heterocycles. The van der Waals surface area contributed by atoms with Crippen LogP contribution in [0.1, 0.15) is 5.56 Å². The summed E-state index contributed by atoms with van der Waals surface area (Å²) < 4.78 is 5.65. The molecule has 4 aromatic rings. The monoisotopic (exact) mass is 325 g/mol. The SMILES string of the molecule is COc1cccc2nc(-c3ccccc3)c(C)c(-c3ccccc3)c12. The highest BCUT2D eigenvalue weighted by Gasteiger charge is 2.17. The number of fused-ring (bicyclic) bond motifs is 1. The van der Waals surface area contributed by atoms with Crippen molar-refractivity contribution in [2.24, 2.45) is 0 Å². The van der Waals surface area contributed by atoms with E-state index in [1.807, 2.05) is 24.3 Å². The van der Waals surface area contributed by atoms with Gasteiger partial charge in [0.1, 0.15) is 5.75 Å². The first kappa shape index (κ1) is 15.4. The third-order valence-corrected chi connectivity index (χ3v) is 4.55. The molecule has 0 bridgehead atoms. The van der Waals surface area contributed by atoms with Gasteiger partial charge in [-0.2, -0.15) is 0 Å². The molecule has 0 atom stereocenters. The van der Waals surface area contributed by atoms with E-state index in [0.29, 0.717) is 0 Å². The van der Waals surface area contributed by atoms with E-state index in [1.54, 1.807) is 7.11 Å². The summed E-state index contributed by atoms with van der Waals surface area (Å²) in [6, 6.07) is 26.8. The van der Waals surface area contributed by atoms with Gasteiger partial charge in [-0.15, -0.1) is 0 Å². The van der Waals surface area contributed by atoms with Crippen LogP contribution in [-0.2, 0) is 0 Å². The smallest absolute Gasteiger partial charge is 0.128 e. The summed E-state index contributed by atoms with van der Waals surface area (Å²) in [7, 11) is 1.71. The topological polar surface area (TPSA) is 22.1 Å². The molecule has 1 heterocycles. The number of hydrogen-bond acceptors (Lipinski definition) is 2. The zero-order valence-corrected chi connectivity index (χ0v) is 14.4. The fourth-order valence-corrected chi connectivity index (χ4v) is 3.39. The van der Waals surface area contributed by atoms with Crippen LogP contribution < -0.4 is 4.74 Å². The molecule has 122 valence electrons. The lowest BCUT2D eigenvalue weighted by molar-refractivity contribution is 0.420. The van der Waals surface area contributed by atoms with Crippen molar-refractivity contribution in [2.45, 2.75) is 6.92 Å². The third-order valence-electron chi connectivity index (χ3n) is 4.55. The van der Waals surface area contributed by atoms with E-state index in [9.17, 15) is 0 Å². The fraction of sp³-hybridized carbons (Fsp3) is 0.0870. The van der Waals surface area contributed by atoms with E-state index in [4.69, 9.17) is 9.72 Å². The molecule has 0 amide bonds. The molecule has 0 spiro atoms. The zero-order chi connectivity index (χ0) is 17.2. The summed E-state index contributed by atoms with van der Waals surface area (Å²) in [6.45, 7) is 2.14. The molecule has 2 heteroatoms. The molecule has 0 aliphatic carbocycles. The molecule has 0 aliphatic rings. The Hall–Kier alpha value is -3.13. The van der Waals surface area contributed by atoms with Gasteiger partial charge in [0, 0.05) is 5.56 Å². The second kappa shape index (κ2) is 6.40. The number of methoxy groups -OCH3 is 1. The minimum absolute atomic E-state index is 0.853. The third kappa shape index (κ3) is 2.66. The minimum atomic E-state index is 0.853. The van der Waals surface area contributed by atoms with Gasteiger partial charge in [0.15, 0.2) is 0 Å². The van der Waals surface area contributed by atoms with Crippen LogP contribution in [0.15, 0.2) is 78.9 Å². The summed E-state index contributed by atoms with van der Waals surface area (Å²) in [4.78, 5) is 4.96. The summed E-state index contributed by atoms with van der Waals surface area (Å²) >= 11 is 0. The summed E-state index contributed by atoms with van der Waals surface area (Å²) in [6.07, 6.45) is 0. The Bertz CT molecular complexity index is 1020. The lowest BCUT2D eigenvalue weighted by Crippen LogP contribution is -1.97. The Labute approximate surface area is 147 Å². The van der Waals surface area contributed by atoms with Gasteiger partial charge >= 0.3 is 0 Å². The lowest BCUT2D eigenvalue weighted by Gasteiger charge is -2.17. The van der Waals surface area contributed by atoms with Gasteiger partial charge < -0.3 is 4.74 Å². The van der Waals surface area contributed by atoms with E-state index in [2.05, 4.69) is 61.5 Å². The van der Waals surface area contributed by atoms with Crippen LogP contribution >= 0.6 is 0 Å². The van der Waals surface area contributed by atoms with Crippen LogP contribution in [-0.4, -0.2) is 12.1 Å². The molecule has 0 unspecified atom stereocenters. The molecule has 0 fully saturated rings. The van der Waals surface area contributed by atoms with Gasteiger partial charge in [-0.1, -0.05) is 66.7 Å². The summed E-state index contributed by atoms with van der Waals surface area (Å²) in [5, 5.41) is 1.06. The van der Waals surface area contributed by atoms with Crippen LogP contribution in [0, 0.1) is 6.92 Å². The van der Waals surface area contributed by atoms with Crippen molar-refractivity contribution in [1.82, 2.24) is 4.98 Å². The summed E-state index contributed by atoms with van der Waals surface area (Å²) in [5.41, 5.74) is 6.61. The van der Waals surface area contributed by atoms with Crippen molar-refractivity contribution in [2.75, 3.05) is 7.11 Å². The average molecular weight is 325 g/mol. The Morgan fingerprint density at radius 3 is 2.00 bits per heavy atom. The van der Waals surface area contributed by atoms with Gasteiger partial charge in [0.05, 0.1) is 23.7 Å². The Balaban J connectivity index is 2.14. The van der Waals surface area contributed by atoms with E-state index < -0.39 is 0 Å². The first-order valence-corrected chi connectivity index (χ1v) is 8.37. The molecule has 25 heavy (non-hydrogen) atoms. The van der Waals surface area contributed by atoms with E-state index in [1.165, 1.54) is 11.1 Å². The quantitative estimate of drug-likeness (QED) is 0.469. The maximum Gasteiger partial charge on any atom is 0.128 e. The highest BCUT2D eigenvalue weighted by Crippen LogP contribution is 2.40. The summed E-state index contributed by atoms with van der Waals surface area (Å²) in [5.74, 6) is 0.853. The van der Waals surface area contributed by atoms with E-state index >= 15 is 0 Å². The van der Waals surface area contributed by atoms with Gasteiger partial charge in [-0.3, -0.25) is 0 Å². The molecule has 2 nitrogen and oxygen atoms in total. The average Bonchev–Trinajstić information content (AvgIpc) is 2.68. The largest absolute Gasteiger partial charge is 0.496 e. The Morgan fingerprint density at radius 1 is 0.720 bits per heavy atom. The molecular formula is C23H19NO. The van der Waals surface area contributed by atoms with Crippen LogP contribution in [0.2, 0.25) is 0 Å². The van der Waals surface area contributed by atoms with E-state index in [-0.39, 0.29) is 0 Å². The molecule has 0 N–H and O–H groups in total. The number of aromatic nitrogens is 1. The van der Waals surface area contributed by atoms with Gasteiger partial charge in [0.25, 0.3) is 0 Å². The fourth-order valence-electron chi connectivity index (χ4n) is 3.39. The predicted molar refractivity (Wildman–Crippen MR) is 104 cm³/mol. The predicted octanol–water partition coefficient (Wildman–Crippen LogP) is 5.89. The first-order chi connectivity index (χ1) is 12.3. The first-order valence-electron chi connectivity index (χ1n) is 8.37. The van der Waals surface area contributed by atoms with Gasteiger partial charge in [0.2, 0.25) is 0 Å². The van der Waals surface area contributed by atoms with Gasteiger partial charge in [-0.25, -0.2) is 4.98 Å². The molecule has 3 aromatic carbocycles. The van der Waals surface area contributed by atoms with E-state index in [0.717, 1.165) is 33.5 Å². The number of rotatable bonds is 3. The molecule has 1 aromatic heterocycles. The number of hydrogen-bond donors (Lipinski definition) is 0.